The molecule has 1 atom stereocenters. The van der Waals surface area contributed by atoms with Gasteiger partial charge in [-0.05, 0) is 24.4 Å². The van der Waals surface area contributed by atoms with E-state index in [-0.39, 0.29) is 31.8 Å². The minimum atomic E-state index is -3.45. The number of carbonyl (C=O) groups excluding carboxylic acids is 1. The summed E-state index contributed by atoms with van der Waals surface area (Å²) in [4.78, 5) is 22.4. The zero-order valence-corrected chi connectivity index (χ0v) is 16.3. The Kier molecular flexibility index (Phi) is 5.29. The van der Waals surface area contributed by atoms with Gasteiger partial charge in [0.1, 0.15) is 20.6 Å². The molecule has 134 valence electrons. The Hall–Kier alpha value is -1.29. The van der Waals surface area contributed by atoms with Crippen LogP contribution in [0.25, 0.3) is 0 Å². The standard InChI is InChI=1S/C14H14Cl2N4O3S2/c1-25(22,23)9-5-17-7-18-11(9)8-3-2-4-20(6-8)14(21)12-10(15)13(16)24-19-12/h5,7-8H,2-4,6H2,1H3. The lowest BCUT2D eigenvalue weighted by atomic mass is 9.94. The number of amides is 1. The van der Waals surface area contributed by atoms with Gasteiger partial charge in [-0.1, -0.05) is 23.2 Å². The Bertz CT molecular complexity index is 917. The Labute approximate surface area is 159 Å². The maximum Gasteiger partial charge on any atom is 0.275 e. The van der Waals surface area contributed by atoms with Crippen molar-refractivity contribution in [2.45, 2.75) is 23.7 Å². The molecule has 2 aromatic rings. The summed E-state index contributed by atoms with van der Waals surface area (Å²) < 4.78 is 28.2. The fraction of sp³-hybridized carbons (Fsp3) is 0.429. The van der Waals surface area contributed by atoms with Gasteiger partial charge >= 0.3 is 0 Å². The molecule has 0 spiro atoms. The lowest BCUT2D eigenvalue weighted by molar-refractivity contribution is 0.0700. The highest BCUT2D eigenvalue weighted by molar-refractivity contribution is 7.90. The molecule has 3 heterocycles. The van der Waals surface area contributed by atoms with Crippen molar-refractivity contribution < 1.29 is 13.2 Å². The number of sulfone groups is 1. The molecule has 2 aromatic heterocycles. The summed E-state index contributed by atoms with van der Waals surface area (Å²) in [6.45, 7) is 0.879. The summed E-state index contributed by atoms with van der Waals surface area (Å²) in [5.41, 5.74) is 0.570. The van der Waals surface area contributed by atoms with Gasteiger partial charge in [-0.25, -0.2) is 18.4 Å². The second-order valence-corrected chi connectivity index (χ2v) is 9.49. The molecule has 1 unspecified atom stereocenters. The van der Waals surface area contributed by atoms with E-state index in [9.17, 15) is 13.2 Å². The lowest BCUT2D eigenvalue weighted by Crippen LogP contribution is -2.39. The summed E-state index contributed by atoms with van der Waals surface area (Å²) in [6, 6.07) is 0. The zero-order chi connectivity index (χ0) is 18.2. The average molecular weight is 421 g/mol. The van der Waals surface area contributed by atoms with E-state index in [1.807, 2.05) is 0 Å². The Balaban J connectivity index is 1.88. The van der Waals surface area contributed by atoms with Crippen LogP contribution in [0, 0.1) is 0 Å². The van der Waals surface area contributed by atoms with Crippen molar-refractivity contribution in [3.63, 3.8) is 0 Å². The summed E-state index contributed by atoms with van der Waals surface area (Å²) in [7, 11) is -3.45. The molecule has 25 heavy (non-hydrogen) atoms. The summed E-state index contributed by atoms with van der Waals surface area (Å²) >= 11 is 12.9. The van der Waals surface area contributed by atoms with E-state index in [1.165, 1.54) is 12.5 Å². The number of rotatable bonds is 3. The lowest BCUT2D eigenvalue weighted by Gasteiger charge is -2.32. The van der Waals surface area contributed by atoms with Gasteiger partial charge in [0.15, 0.2) is 15.5 Å². The second-order valence-electron chi connectivity index (χ2n) is 5.75. The first-order chi connectivity index (χ1) is 11.8. The number of piperidine rings is 1. The highest BCUT2D eigenvalue weighted by Gasteiger charge is 2.31. The number of halogens is 2. The highest BCUT2D eigenvalue weighted by Crippen LogP contribution is 2.33. The SMILES string of the molecule is CS(=O)(=O)c1cncnc1C1CCCN(C(=O)c2nsc(Cl)c2Cl)C1. The number of likely N-dealkylation sites (tertiary alicyclic amines) is 1. The first-order valence-corrected chi connectivity index (χ1v) is 10.8. The Morgan fingerprint density at radius 3 is 2.80 bits per heavy atom. The predicted octanol–water partition coefficient (Wildman–Crippen LogP) is 2.66. The largest absolute Gasteiger partial charge is 0.337 e. The van der Waals surface area contributed by atoms with E-state index in [2.05, 4.69) is 14.3 Å². The van der Waals surface area contributed by atoms with Crippen LogP contribution < -0.4 is 0 Å². The van der Waals surface area contributed by atoms with Crippen molar-refractivity contribution in [1.82, 2.24) is 19.2 Å². The van der Waals surface area contributed by atoms with Crippen molar-refractivity contribution in [3.8, 4) is 0 Å². The van der Waals surface area contributed by atoms with Crippen molar-refractivity contribution in [2.75, 3.05) is 19.3 Å². The summed E-state index contributed by atoms with van der Waals surface area (Å²) in [6.07, 6.45) is 5.20. The maximum absolute atomic E-state index is 12.7. The smallest absolute Gasteiger partial charge is 0.275 e. The molecule has 0 N–H and O–H groups in total. The van der Waals surface area contributed by atoms with E-state index in [0.717, 1.165) is 30.6 Å². The van der Waals surface area contributed by atoms with Gasteiger partial charge in [-0.2, -0.15) is 4.37 Å². The minimum absolute atomic E-state index is 0.101. The molecule has 0 radical (unpaired) electrons. The van der Waals surface area contributed by atoms with Crippen LogP contribution in [0.2, 0.25) is 9.36 Å². The molecule has 1 saturated heterocycles. The molecule has 11 heteroatoms. The van der Waals surface area contributed by atoms with Gasteiger partial charge in [0.05, 0.1) is 5.69 Å². The summed E-state index contributed by atoms with van der Waals surface area (Å²) in [5, 5.41) is 0.151. The van der Waals surface area contributed by atoms with Crippen molar-refractivity contribution in [2.24, 2.45) is 0 Å². The van der Waals surface area contributed by atoms with Crippen molar-refractivity contribution in [3.05, 3.63) is 33.3 Å². The second kappa shape index (κ2) is 7.14. The predicted molar refractivity (Wildman–Crippen MR) is 95.2 cm³/mol. The van der Waals surface area contributed by atoms with Gasteiger partial charge < -0.3 is 4.90 Å². The zero-order valence-electron chi connectivity index (χ0n) is 13.1. The molecule has 0 aliphatic carbocycles. The van der Waals surface area contributed by atoms with E-state index in [4.69, 9.17) is 23.2 Å². The van der Waals surface area contributed by atoms with E-state index in [0.29, 0.717) is 18.8 Å². The number of aromatic nitrogens is 3. The number of nitrogens with zero attached hydrogens (tertiary/aromatic N) is 4. The van der Waals surface area contributed by atoms with Crippen LogP contribution in [0.1, 0.15) is 34.9 Å². The van der Waals surface area contributed by atoms with Gasteiger partial charge in [-0.15, -0.1) is 0 Å². The Morgan fingerprint density at radius 1 is 1.40 bits per heavy atom. The number of hydrogen-bond donors (Lipinski definition) is 0. The van der Waals surface area contributed by atoms with E-state index < -0.39 is 9.84 Å². The van der Waals surface area contributed by atoms with Crippen molar-refractivity contribution in [1.29, 1.82) is 0 Å². The van der Waals surface area contributed by atoms with Crippen LogP contribution in [-0.2, 0) is 9.84 Å². The molecule has 0 saturated carbocycles. The monoisotopic (exact) mass is 420 g/mol. The van der Waals surface area contributed by atoms with Crippen LogP contribution in [0.3, 0.4) is 0 Å². The van der Waals surface area contributed by atoms with Crippen LogP contribution in [0.5, 0.6) is 0 Å². The quantitative estimate of drug-likeness (QED) is 0.757. The molecule has 3 rings (SSSR count). The Morgan fingerprint density at radius 2 is 2.16 bits per heavy atom. The van der Waals surface area contributed by atoms with Crippen molar-refractivity contribution >= 4 is 50.5 Å². The molecule has 0 bridgehead atoms. The first-order valence-electron chi connectivity index (χ1n) is 7.39. The fourth-order valence-electron chi connectivity index (χ4n) is 2.85. The highest BCUT2D eigenvalue weighted by atomic mass is 35.5. The third-order valence-corrected chi connectivity index (χ3v) is 6.73. The molecule has 1 aliphatic heterocycles. The number of hydrogen-bond acceptors (Lipinski definition) is 7. The van der Waals surface area contributed by atoms with Crippen LogP contribution in [0.15, 0.2) is 17.4 Å². The fourth-order valence-corrected chi connectivity index (χ4v) is 4.68. The number of carbonyl (C=O) groups is 1. The van der Waals surface area contributed by atoms with Crippen LogP contribution >= 0.6 is 34.7 Å². The van der Waals surface area contributed by atoms with Gasteiger partial charge in [0.2, 0.25) is 0 Å². The van der Waals surface area contributed by atoms with E-state index in [1.54, 1.807) is 4.90 Å². The topological polar surface area (TPSA) is 93.1 Å². The molecule has 7 nitrogen and oxygen atoms in total. The van der Waals surface area contributed by atoms with Gasteiger partial charge in [-0.3, -0.25) is 4.79 Å². The molecule has 1 amide bonds. The third-order valence-electron chi connectivity index (χ3n) is 4.00. The van der Waals surface area contributed by atoms with Gasteiger partial charge in [0.25, 0.3) is 5.91 Å². The average Bonchev–Trinajstić information content (AvgIpc) is 2.93. The summed E-state index contributed by atoms with van der Waals surface area (Å²) in [5.74, 6) is -0.508. The molecule has 1 fully saturated rings. The molecule has 1 aliphatic rings. The van der Waals surface area contributed by atoms with Crippen LogP contribution in [-0.4, -0.2) is 52.9 Å². The molecular weight excluding hydrogens is 407 g/mol. The molecule has 0 aromatic carbocycles. The molecular formula is C14H14Cl2N4O3S2. The van der Waals surface area contributed by atoms with Crippen LogP contribution in [0.4, 0.5) is 0 Å². The maximum atomic E-state index is 12.7. The first kappa shape index (κ1) is 18.5. The minimum Gasteiger partial charge on any atom is -0.337 e. The third kappa shape index (κ3) is 3.79. The van der Waals surface area contributed by atoms with Gasteiger partial charge in [0, 0.05) is 31.5 Å². The normalized spacial score (nSPS) is 18.4. The van der Waals surface area contributed by atoms with E-state index >= 15 is 0 Å².